The summed E-state index contributed by atoms with van der Waals surface area (Å²) >= 11 is 4.06. The Balaban J connectivity index is 1.66. The zero-order chi connectivity index (χ0) is 24.3. The van der Waals surface area contributed by atoms with Crippen LogP contribution in [0.1, 0.15) is 11.1 Å². The van der Waals surface area contributed by atoms with Crippen molar-refractivity contribution in [1.82, 2.24) is 0 Å². The van der Waals surface area contributed by atoms with Gasteiger partial charge < -0.3 is 19.7 Å². The van der Waals surface area contributed by atoms with Gasteiger partial charge in [0.25, 0.3) is 0 Å². The summed E-state index contributed by atoms with van der Waals surface area (Å²) < 4.78 is 8.88. The van der Waals surface area contributed by atoms with Gasteiger partial charge in [0.05, 0.1) is 14.8 Å². The molecule has 0 aliphatic rings. The van der Waals surface area contributed by atoms with E-state index < -0.39 is 7.12 Å². The van der Waals surface area contributed by atoms with E-state index in [2.05, 4.69) is 0 Å². The van der Waals surface area contributed by atoms with E-state index in [1.165, 1.54) is 34.0 Å². The van der Waals surface area contributed by atoms with E-state index in [9.17, 15) is 19.6 Å². The van der Waals surface area contributed by atoms with Crippen LogP contribution in [0.3, 0.4) is 0 Å². The monoisotopic (exact) mass is 515 g/mol. The number of hydrogen-bond acceptors (Lipinski definition) is 9. The lowest BCUT2D eigenvalue weighted by molar-refractivity contribution is 0.427. The van der Waals surface area contributed by atoms with Gasteiger partial charge in [-0.3, -0.25) is 9.59 Å². The normalized spacial score (nSPS) is 12.4. The molecular weight excluding hydrogens is 502 g/mol. The van der Waals surface area contributed by atoms with Crippen LogP contribution in [0.2, 0.25) is 0 Å². The minimum absolute atomic E-state index is 0.0680. The largest absolute Gasteiger partial charge is 0.569 e. The van der Waals surface area contributed by atoms with Crippen LogP contribution in [0.4, 0.5) is 0 Å². The van der Waals surface area contributed by atoms with Crippen molar-refractivity contribution in [3.05, 3.63) is 55.8 Å². The summed E-state index contributed by atoms with van der Waals surface area (Å²) in [6.45, 7) is 3.88. The number of aryl methyl sites for hydroxylation is 2. The predicted molar refractivity (Wildman–Crippen MR) is 148 cm³/mol. The van der Waals surface area contributed by atoms with E-state index >= 15 is 0 Å². The molecule has 7 rings (SSSR count). The smallest absolute Gasteiger partial charge is 0.530 e. The molecule has 0 atom stereocenters. The molecule has 0 aliphatic heterocycles. The lowest BCUT2D eigenvalue weighted by atomic mass is 9.89. The number of thiophene rings is 3. The van der Waals surface area contributed by atoms with Crippen LogP contribution in [-0.2, 0) is 0 Å². The molecule has 0 aliphatic carbocycles. The molecule has 0 saturated heterocycles. The Morgan fingerprint density at radius 3 is 2.06 bits per heavy atom. The number of rotatable bonds is 3. The molecule has 1 radical (unpaired) electrons. The Morgan fingerprint density at radius 2 is 1.40 bits per heavy atom. The van der Waals surface area contributed by atoms with Gasteiger partial charge >= 0.3 is 14.8 Å². The summed E-state index contributed by atoms with van der Waals surface area (Å²) in [5.74, 6) is 0. The van der Waals surface area contributed by atoms with Crippen LogP contribution in [0.25, 0.3) is 61.9 Å². The lowest BCUT2D eigenvalue weighted by Gasteiger charge is -2.08. The molecular formula is C24H13B2O6S3. The van der Waals surface area contributed by atoms with Crippen LogP contribution < -0.4 is 20.3 Å². The summed E-state index contributed by atoms with van der Waals surface area (Å²) in [6, 6.07) is 7.34. The van der Waals surface area contributed by atoms with Crippen molar-refractivity contribution >= 4 is 115 Å². The topological polar surface area (TPSA) is 104 Å². The van der Waals surface area contributed by atoms with Gasteiger partial charge in [0.15, 0.2) is 15.9 Å². The maximum atomic E-state index is 13.9. The average Bonchev–Trinajstić information content (AvgIpc) is 3.57. The Bertz CT molecular complexity index is 2130. The second-order valence-corrected chi connectivity index (χ2v) is 11.8. The fourth-order valence-electron chi connectivity index (χ4n) is 5.38. The highest BCUT2D eigenvalue weighted by atomic mass is 32.1. The Labute approximate surface area is 209 Å². The summed E-state index contributed by atoms with van der Waals surface area (Å²) in [6.07, 6.45) is 0. The van der Waals surface area contributed by atoms with Crippen LogP contribution in [-0.4, -0.2) is 29.9 Å². The fraction of sp³-hybridized carbons (Fsp3) is 0.0833. The minimum Gasteiger partial charge on any atom is -0.530 e. The van der Waals surface area contributed by atoms with Gasteiger partial charge in [0, 0.05) is 47.2 Å². The first-order chi connectivity index (χ1) is 16.8. The fourth-order valence-corrected chi connectivity index (χ4v) is 9.08. The first-order valence-corrected chi connectivity index (χ1v) is 13.1. The third-order valence-electron chi connectivity index (χ3n) is 6.74. The molecule has 0 unspecified atom stereocenters. The SMILES string of the molecule is Cc1cc2c(cc(C)c3c4sc5cc(O[B]O)sc5c4c(=O)c23)c2c(=O)c3cc(B(O)O)sc3c12. The van der Waals surface area contributed by atoms with Crippen molar-refractivity contribution in [3.8, 4) is 5.06 Å². The highest BCUT2D eigenvalue weighted by Crippen LogP contribution is 2.47. The van der Waals surface area contributed by atoms with Crippen LogP contribution in [0, 0.1) is 13.8 Å². The molecule has 3 aromatic heterocycles. The van der Waals surface area contributed by atoms with E-state index in [1.54, 1.807) is 6.07 Å². The molecule has 6 nitrogen and oxygen atoms in total. The first-order valence-electron chi connectivity index (χ1n) is 10.7. The standard InChI is InChI=1S/C24H13B2O6S3/c1-7-3-10-9(17-15(7)22-11(20(17)27)5-13(34-22)26(30)31)4-8(2)16-18(10)21(28)19-23-12(33-24(16)19)6-14(35-23)32-25-29/h3-6,29-31H,1-2H3. The van der Waals surface area contributed by atoms with Crippen molar-refractivity contribution in [2.24, 2.45) is 0 Å². The molecule has 4 aromatic carbocycles. The van der Waals surface area contributed by atoms with Gasteiger partial charge in [-0.05, 0) is 53.9 Å². The second-order valence-electron chi connectivity index (χ2n) is 8.69. The lowest BCUT2D eigenvalue weighted by Crippen LogP contribution is -2.26. The molecule has 0 spiro atoms. The number of benzene rings is 2. The Hall–Kier alpha value is -2.79. The van der Waals surface area contributed by atoms with Crippen molar-refractivity contribution in [3.63, 3.8) is 0 Å². The molecule has 0 fully saturated rings. The van der Waals surface area contributed by atoms with E-state index in [4.69, 9.17) is 9.68 Å². The van der Waals surface area contributed by atoms with E-state index in [-0.39, 0.29) is 10.9 Å². The Morgan fingerprint density at radius 1 is 0.743 bits per heavy atom. The second kappa shape index (κ2) is 7.13. The van der Waals surface area contributed by atoms with Crippen molar-refractivity contribution < 1.29 is 19.7 Å². The van der Waals surface area contributed by atoms with Gasteiger partial charge in [0.1, 0.15) is 0 Å². The van der Waals surface area contributed by atoms with Gasteiger partial charge in [-0.2, -0.15) is 0 Å². The number of hydrogen-bond donors (Lipinski definition) is 3. The molecule has 7 aromatic rings. The minimum atomic E-state index is -1.62. The first kappa shape index (κ1) is 21.5. The molecule has 0 amide bonds. The zero-order valence-electron chi connectivity index (χ0n) is 18.3. The maximum absolute atomic E-state index is 13.9. The van der Waals surface area contributed by atoms with Gasteiger partial charge in [-0.15, -0.1) is 22.7 Å². The van der Waals surface area contributed by atoms with E-state index in [0.717, 1.165) is 51.5 Å². The summed E-state index contributed by atoms with van der Waals surface area (Å²) in [4.78, 5) is 27.4. The summed E-state index contributed by atoms with van der Waals surface area (Å²) in [7, 11) is -0.993. The van der Waals surface area contributed by atoms with E-state index in [1.807, 2.05) is 32.0 Å². The average molecular weight is 515 g/mol. The van der Waals surface area contributed by atoms with Gasteiger partial charge in [-0.1, -0.05) is 11.3 Å². The number of fused-ring (bicyclic) bond motifs is 11. The van der Waals surface area contributed by atoms with Crippen LogP contribution in [0.5, 0.6) is 5.06 Å². The third kappa shape index (κ3) is 2.65. The zero-order valence-corrected chi connectivity index (χ0v) is 20.7. The molecule has 11 heteroatoms. The highest BCUT2D eigenvalue weighted by Gasteiger charge is 2.26. The Kier molecular flexibility index (Phi) is 4.38. The molecule has 3 heterocycles. The van der Waals surface area contributed by atoms with Crippen molar-refractivity contribution in [2.75, 3.05) is 0 Å². The quantitative estimate of drug-likeness (QED) is 0.311. The van der Waals surface area contributed by atoms with Crippen molar-refractivity contribution in [2.45, 2.75) is 13.8 Å². The molecule has 3 N–H and O–H groups in total. The summed E-state index contributed by atoms with van der Waals surface area (Å²) in [5.41, 5.74) is 1.56. The van der Waals surface area contributed by atoms with Gasteiger partial charge in [-0.25, -0.2) is 0 Å². The molecule has 35 heavy (non-hydrogen) atoms. The van der Waals surface area contributed by atoms with Gasteiger partial charge in [0.2, 0.25) is 0 Å². The maximum Gasteiger partial charge on any atom is 0.569 e. The van der Waals surface area contributed by atoms with Crippen LogP contribution in [0.15, 0.2) is 33.9 Å². The molecule has 0 saturated carbocycles. The molecule has 0 bridgehead atoms. The summed E-state index contributed by atoms with van der Waals surface area (Å²) in [5, 5.41) is 34.2. The molecule has 169 valence electrons. The van der Waals surface area contributed by atoms with Crippen molar-refractivity contribution in [1.29, 1.82) is 0 Å². The predicted octanol–water partition coefficient (Wildman–Crippen LogP) is 3.59. The van der Waals surface area contributed by atoms with E-state index in [0.29, 0.717) is 39.1 Å². The third-order valence-corrected chi connectivity index (χ3v) is 10.3. The van der Waals surface area contributed by atoms with Crippen LogP contribution >= 0.6 is 34.0 Å². The highest BCUT2D eigenvalue weighted by molar-refractivity contribution is 7.34.